The van der Waals surface area contributed by atoms with Gasteiger partial charge in [-0.15, -0.1) is 0 Å². The fourth-order valence-corrected chi connectivity index (χ4v) is 5.74. The molecule has 3 atom stereocenters. The maximum absolute atomic E-state index is 13.8. The molecule has 0 aromatic heterocycles. The van der Waals surface area contributed by atoms with Crippen LogP contribution in [0, 0.1) is 17.2 Å². The Morgan fingerprint density at radius 1 is 1.17 bits per heavy atom. The molecule has 4 rings (SSSR count). The minimum absolute atomic E-state index is 0.0142. The number of benzene rings is 1. The van der Waals surface area contributed by atoms with Gasteiger partial charge >= 0.3 is 0 Å². The summed E-state index contributed by atoms with van der Waals surface area (Å²) >= 11 is 0. The smallest absolute Gasteiger partial charge is 0.268 e. The molecule has 42 heavy (non-hydrogen) atoms. The Hall–Kier alpha value is -3.92. The predicted octanol–water partition coefficient (Wildman–Crippen LogP) is 1.15. The van der Waals surface area contributed by atoms with E-state index in [-0.39, 0.29) is 49.8 Å². The van der Waals surface area contributed by atoms with E-state index in [2.05, 4.69) is 16.0 Å². The lowest BCUT2D eigenvalue weighted by Crippen LogP contribution is -2.46. The van der Waals surface area contributed by atoms with Gasteiger partial charge in [-0.3, -0.25) is 24.0 Å². The Kier molecular flexibility index (Phi) is 9.88. The topological polar surface area (TPSA) is 152 Å². The van der Waals surface area contributed by atoms with E-state index >= 15 is 0 Å². The molecule has 3 aliphatic rings. The van der Waals surface area contributed by atoms with Crippen LogP contribution in [0.25, 0.3) is 0 Å². The second-order valence-corrected chi connectivity index (χ2v) is 11.2. The van der Waals surface area contributed by atoms with E-state index in [0.29, 0.717) is 19.5 Å². The van der Waals surface area contributed by atoms with Crippen molar-refractivity contribution in [1.29, 1.82) is 5.26 Å². The van der Waals surface area contributed by atoms with E-state index in [9.17, 15) is 38.0 Å². The number of halogens is 2. The van der Waals surface area contributed by atoms with Crippen LogP contribution in [0.15, 0.2) is 18.2 Å². The zero-order valence-corrected chi connectivity index (χ0v) is 23.6. The minimum Gasteiger partial charge on any atom is -0.352 e. The van der Waals surface area contributed by atoms with Crippen LogP contribution in [-0.2, 0) is 43.6 Å². The summed E-state index contributed by atoms with van der Waals surface area (Å²) < 4.78 is 27.6. The molecule has 0 radical (unpaired) electrons. The molecule has 13 heteroatoms. The SMILES string of the molecule is CNCCCC(=O)CCC(=O)NCc1cccc2c1CN(C(=O)C[C@@H]1C[C@@H](C(=O)N3CC(F)(F)C[C@H]3C#N)NC1=O)C2. The number of rotatable bonds is 12. The van der Waals surface area contributed by atoms with Crippen molar-refractivity contribution >= 4 is 29.4 Å². The molecule has 226 valence electrons. The van der Waals surface area contributed by atoms with Gasteiger partial charge in [0.2, 0.25) is 23.6 Å². The number of alkyl halides is 2. The second kappa shape index (κ2) is 13.4. The summed E-state index contributed by atoms with van der Waals surface area (Å²) in [7, 11) is 1.82. The summed E-state index contributed by atoms with van der Waals surface area (Å²) in [4.78, 5) is 65.2. The zero-order chi connectivity index (χ0) is 30.4. The van der Waals surface area contributed by atoms with Gasteiger partial charge < -0.3 is 25.8 Å². The third-order valence-electron chi connectivity index (χ3n) is 8.05. The van der Waals surface area contributed by atoms with Crippen molar-refractivity contribution in [3.63, 3.8) is 0 Å². The van der Waals surface area contributed by atoms with Crippen molar-refractivity contribution in [2.75, 3.05) is 20.1 Å². The van der Waals surface area contributed by atoms with E-state index < -0.39 is 48.7 Å². The molecule has 4 amide bonds. The zero-order valence-electron chi connectivity index (χ0n) is 23.6. The van der Waals surface area contributed by atoms with Crippen LogP contribution in [0.4, 0.5) is 8.78 Å². The van der Waals surface area contributed by atoms with Crippen LogP contribution in [0.3, 0.4) is 0 Å². The predicted molar refractivity (Wildman–Crippen MR) is 145 cm³/mol. The summed E-state index contributed by atoms with van der Waals surface area (Å²) in [5, 5.41) is 17.5. The molecule has 0 bridgehead atoms. The van der Waals surface area contributed by atoms with Gasteiger partial charge in [0.05, 0.1) is 12.6 Å². The average Bonchev–Trinajstić information content (AvgIpc) is 3.65. The van der Waals surface area contributed by atoms with Crippen LogP contribution in [0.5, 0.6) is 0 Å². The van der Waals surface area contributed by atoms with Crippen molar-refractivity contribution in [1.82, 2.24) is 25.8 Å². The number of ketones is 1. The first-order valence-electron chi connectivity index (χ1n) is 14.2. The number of nitrogens with zero attached hydrogens (tertiary/aromatic N) is 3. The number of likely N-dealkylation sites (tertiary alicyclic amines) is 1. The maximum Gasteiger partial charge on any atom is 0.268 e. The Balaban J connectivity index is 1.27. The Bertz CT molecular complexity index is 1280. The van der Waals surface area contributed by atoms with E-state index in [1.165, 1.54) is 0 Å². The molecule has 11 nitrogen and oxygen atoms in total. The van der Waals surface area contributed by atoms with Gasteiger partial charge in [-0.2, -0.15) is 5.26 Å². The normalized spacial score (nSPS) is 22.4. The van der Waals surface area contributed by atoms with Crippen molar-refractivity contribution in [3.05, 3.63) is 34.9 Å². The molecule has 0 aliphatic carbocycles. The van der Waals surface area contributed by atoms with Crippen molar-refractivity contribution in [2.24, 2.45) is 5.92 Å². The van der Waals surface area contributed by atoms with E-state index in [0.717, 1.165) is 34.6 Å². The highest BCUT2D eigenvalue weighted by atomic mass is 19.3. The van der Waals surface area contributed by atoms with Crippen LogP contribution in [0.2, 0.25) is 0 Å². The molecule has 1 aromatic carbocycles. The van der Waals surface area contributed by atoms with Crippen molar-refractivity contribution in [3.8, 4) is 6.07 Å². The summed E-state index contributed by atoms with van der Waals surface area (Å²) in [5.41, 5.74) is 2.70. The lowest BCUT2D eigenvalue weighted by Gasteiger charge is -2.22. The maximum atomic E-state index is 13.8. The largest absolute Gasteiger partial charge is 0.352 e. The van der Waals surface area contributed by atoms with Gasteiger partial charge in [-0.1, -0.05) is 18.2 Å². The number of nitriles is 1. The van der Waals surface area contributed by atoms with Crippen LogP contribution < -0.4 is 16.0 Å². The lowest BCUT2D eigenvalue weighted by molar-refractivity contribution is -0.135. The van der Waals surface area contributed by atoms with Gasteiger partial charge in [0.25, 0.3) is 5.92 Å². The highest BCUT2D eigenvalue weighted by molar-refractivity contribution is 5.94. The molecular weight excluding hydrogens is 550 g/mol. The number of carbonyl (C=O) groups is 5. The Labute approximate surface area is 243 Å². The molecular formula is C29H36F2N6O5. The van der Waals surface area contributed by atoms with Gasteiger partial charge in [0.1, 0.15) is 17.9 Å². The van der Waals surface area contributed by atoms with Crippen LogP contribution in [0.1, 0.15) is 61.6 Å². The second-order valence-electron chi connectivity index (χ2n) is 11.2. The molecule has 0 saturated carbocycles. The van der Waals surface area contributed by atoms with Crippen LogP contribution >= 0.6 is 0 Å². The minimum atomic E-state index is -3.16. The monoisotopic (exact) mass is 586 g/mol. The van der Waals surface area contributed by atoms with E-state index in [1.807, 2.05) is 25.2 Å². The number of fused-ring (bicyclic) bond motifs is 1. The van der Waals surface area contributed by atoms with Crippen molar-refractivity contribution in [2.45, 2.75) is 82.6 Å². The Morgan fingerprint density at radius 3 is 2.69 bits per heavy atom. The molecule has 0 spiro atoms. The number of amides is 4. The number of hydrogen-bond donors (Lipinski definition) is 3. The van der Waals surface area contributed by atoms with Gasteiger partial charge in [0.15, 0.2) is 0 Å². The first-order valence-corrected chi connectivity index (χ1v) is 14.2. The van der Waals surface area contributed by atoms with Crippen molar-refractivity contribution < 1.29 is 32.8 Å². The van der Waals surface area contributed by atoms with Crippen LogP contribution in [-0.4, -0.2) is 77.4 Å². The number of carbonyl (C=O) groups excluding carboxylic acids is 5. The highest BCUT2D eigenvalue weighted by Crippen LogP contribution is 2.34. The number of nitrogens with one attached hydrogen (secondary N) is 3. The molecule has 2 fully saturated rings. The van der Waals surface area contributed by atoms with E-state index in [4.69, 9.17) is 0 Å². The summed E-state index contributed by atoms with van der Waals surface area (Å²) in [5.74, 6) is -5.65. The fraction of sp³-hybridized carbons (Fsp3) is 0.586. The van der Waals surface area contributed by atoms with E-state index in [1.54, 1.807) is 11.0 Å². The first-order chi connectivity index (χ1) is 20.0. The summed E-state index contributed by atoms with van der Waals surface area (Å²) in [6.07, 6.45) is 0.571. The number of Topliss-reactive ketones (excluding diaryl/α,β-unsaturated/α-hetero) is 1. The highest BCUT2D eigenvalue weighted by Gasteiger charge is 2.50. The van der Waals surface area contributed by atoms with Gasteiger partial charge in [0, 0.05) is 57.7 Å². The molecule has 0 unspecified atom stereocenters. The standard InChI is InChI=1S/C29H36F2N6O5/c1-33-9-3-6-22(38)7-8-25(39)34-14-18-4-2-5-19-15-36(16-23(18)19)26(40)11-20-10-24(35-27(20)41)28(42)37-17-29(30,31)12-21(37)13-32/h2,4-5,20-21,24,33H,3,6-12,14-17H2,1H3,(H,34,39)(H,35,41)/t20-,21-,24-/m0/s1. The third-order valence-corrected chi connectivity index (χ3v) is 8.05. The molecule has 3 aliphatic heterocycles. The number of hydrogen-bond acceptors (Lipinski definition) is 7. The molecule has 3 heterocycles. The van der Waals surface area contributed by atoms with Gasteiger partial charge in [-0.25, -0.2) is 8.78 Å². The average molecular weight is 587 g/mol. The summed E-state index contributed by atoms with van der Waals surface area (Å²) in [6.45, 7) is 0.765. The first kappa shape index (κ1) is 31.0. The van der Waals surface area contributed by atoms with Gasteiger partial charge in [-0.05, 0) is 43.1 Å². The third kappa shape index (κ3) is 7.47. The summed E-state index contributed by atoms with van der Waals surface area (Å²) in [6, 6.07) is 5.01. The molecule has 3 N–H and O–H groups in total. The molecule has 2 saturated heterocycles. The quantitative estimate of drug-likeness (QED) is 0.311. The Morgan fingerprint density at radius 2 is 1.95 bits per heavy atom. The lowest BCUT2D eigenvalue weighted by atomic mass is 9.99. The molecule has 1 aromatic rings. The fourth-order valence-electron chi connectivity index (χ4n) is 5.74.